The van der Waals surface area contributed by atoms with E-state index in [0.29, 0.717) is 5.56 Å². The van der Waals surface area contributed by atoms with Gasteiger partial charge in [-0.25, -0.2) is 9.78 Å². The number of esters is 1. The average molecular weight is 376 g/mol. The van der Waals surface area contributed by atoms with Gasteiger partial charge in [-0.1, -0.05) is 48.0 Å². The van der Waals surface area contributed by atoms with Crippen molar-refractivity contribution < 1.29 is 14.3 Å². The fourth-order valence-electron chi connectivity index (χ4n) is 2.78. The Hall–Kier alpha value is -3.25. The predicted octanol–water partition coefficient (Wildman–Crippen LogP) is 4.64. The monoisotopic (exact) mass is 376 g/mol. The number of hydrogen-bond donors (Lipinski definition) is 1. The summed E-state index contributed by atoms with van der Waals surface area (Å²) in [6.07, 6.45) is 1.64. The van der Waals surface area contributed by atoms with Crippen molar-refractivity contribution in [2.24, 2.45) is 0 Å². The van der Waals surface area contributed by atoms with E-state index in [1.165, 1.54) is 11.3 Å². The fraction of sp³-hybridized carbons (Fsp3) is 0.0952. The number of aromatic amines is 1. The molecule has 0 aliphatic carbocycles. The Balaban J connectivity index is 1.44. The number of ether oxygens (including phenoxy) is 1. The highest BCUT2D eigenvalue weighted by atomic mass is 32.1. The van der Waals surface area contributed by atoms with E-state index in [-0.39, 0.29) is 18.1 Å². The Morgan fingerprint density at radius 3 is 2.70 bits per heavy atom. The number of rotatable bonds is 5. The van der Waals surface area contributed by atoms with Crippen LogP contribution >= 0.6 is 11.3 Å². The summed E-state index contributed by atoms with van der Waals surface area (Å²) in [5.41, 5.74) is 3.69. The maximum atomic E-state index is 12.4. The Bertz CT molecular complexity index is 1130. The fourth-order valence-corrected chi connectivity index (χ4v) is 3.58. The Morgan fingerprint density at radius 2 is 1.89 bits per heavy atom. The lowest BCUT2D eigenvalue weighted by molar-refractivity contribution is 0.0470. The van der Waals surface area contributed by atoms with Crippen LogP contribution in [0.4, 0.5) is 0 Å². The molecule has 0 aliphatic heterocycles. The summed E-state index contributed by atoms with van der Waals surface area (Å²) >= 11 is 1.37. The largest absolute Gasteiger partial charge is 0.453 e. The zero-order chi connectivity index (χ0) is 18.8. The molecule has 0 saturated carbocycles. The number of aryl methyl sites for hydroxylation is 1. The maximum absolute atomic E-state index is 12.4. The first-order chi connectivity index (χ1) is 13.1. The molecule has 6 heteroatoms. The van der Waals surface area contributed by atoms with Gasteiger partial charge < -0.3 is 9.72 Å². The van der Waals surface area contributed by atoms with Gasteiger partial charge in [-0.2, -0.15) is 0 Å². The first kappa shape index (κ1) is 17.2. The highest BCUT2D eigenvalue weighted by Gasteiger charge is 2.17. The van der Waals surface area contributed by atoms with Crippen molar-refractivity contribution in [3.63, 3.8) is 0 Å². The van der Waals surface area contributed by atoms with E-state index in [1.54, 1.807) is 11.6 Å². The molecule has 5 nitrogen and oxygen atoms in total. The molecule has 0 atom stereocenters. The summed E-state index contributed by atoms with van der Waals surface area (Å²) in [4.78, 5) is 32.0. The maximum Gasteiger partial charge on any atom is 0.358 e. The molecule has 2 heterocycles. The van der Waals surface area contributed by atoms with E-state index in [4.69, 9.17) is 4.74 Å². The van der Waals surface area contributed by atoms with E-state index in [2.05, 4.69) is 9.97 Å². The number of nitrogens with one attached hydrogen (secondary N) is 1. The van der Waals surface area contributed by atoms with Gasteiger partial charge in [0.1, 0.15) is 5.01 Å². The van der Waals surface area contributed by atoms with E-state index >= 15 is 0 Å². The number of fused-ring (bicyclic) bond motifs is 1. The number of thiazole rings is 1. The number of Topliss-reactive ketones (excluding diaryl/α,β-unsaturated/α-hetero) is 1. The second-order valence-electron chi connectivity index (χ2n) is 6.15. The number of carbonyl (C=O) groups excluding carboxylic acids is 2. The summed E-state index contributed by atoms with van der Waals surface area (Å²) in [6.45, 7) is 1.69. The minimum absolute atomic E-state index is 0.210. The predicted molar refractivity (Wildman–Crippen MR) is 105 cm³/mol. The van der Waals surface area contributed by atoms with Gasteiger partial charge in [0.15, 0.2) is 12.3 Å². The highest BCUT2D eigenvalue weighted by Crippen LogP contribution is 2.24. The van der Waals surface area contributed by atoms with Gasteiger partial charge in [0.05, 0.1) is 0 Å². The zero-order valence-corrected chi connectivity index (χ0v) is 15.4. The topological polar surface area (TPSA) is 72.0 Å². The van der Waals surface area contributed by atoms with Crippen LogP contribution in [0.5, 0.6) is 0 Å². The molecule has 0 spiro atoms. The highest BCUT2D eigenvalue weighted by molar-refractivity contribution is 7.13. The molecule has 0 radical (unpaired) electrons. The SMILES string of the molecule is Cc1ccc(-c2nc(C(=O)OCC(=O)c3c[nH]c4ccccc34)cs2)cc1. The first-order valence-electron chi connectivity index (χ1n) is 8.41. The van der Waals surface area contributed by atoms with Crippen LogP contribution in [-0.4, -0.2) is 28.3 Å². The average Bonchev–Trinajstić information content (AvgIpc) is 3.34. The zero-order valence-electron chi connectivity index (χ0n) is 14.6. The van der Waals surface area contributed by atoms with Crippen LogP contribution < -0.4 is 0 Å². The molecule has 0 fully saturated rings. The molecule has 0 unspecified atom stereocenters. The van der Waals surface area contributed by atoms with E-state index in [9.17, 15) is 9.59 Å². The van der Waals surface area contributed by atoms with E-state index in [0.717, 1.165) is 27.0 Å². The van der Waals surface area contributed by atoms with Crippen LogP contribution in [0, 0.1) is 6.92 Å². The molecule has 2 aromatic carbocycles. The minimum Gasteiger partial charge on any atom is -0.453 e. The normalized spacial score (nSPS) is 10.9. The summed E-state index contributed by atoms with van der Waals surface area (Å²) < 4.78 is 5.17. The molecule has 0 bridgehead atoms. The van der Waals surface area contributed by atoms with E-state index in [1.807, 2.05) is 55.5 Å². The van der Waals surface area contributed by atoms with Crippen LogP contribution in [0.25, 0.3) is 21.5 Å². The van der Waals surface area contributed by atoms with Gasteiger partial charge >= 0.3 is 5.97 Å². The number of nitrogens with zero attached hydrogens (tertiary/aromatic N) is 1. The Kier molecular flexibility index (Phi) is 4.56. The number of aromatic nitrogens is 2. The summed E-state index contributed by atoms with van der Waals surface area (Å²) in [6, 6.07) is 15.4. The number of ketones is 1. The van der Waals surface area contributed by atoms with Crippen LogP contribution in [0.1, 0.15) is 26.4 Å². The summed E-state index contributed by atoms with van der Waals surface area (Å²) in [5.74, 6) is -0.854. The molecular weight excluding hydrogens is 360 g/mol. The van der Waals surface area contributed by atoms with Crippen molar-refractivity contribution in [3.8, 4) is 10.6 Å². The number of para-hydroxylation sites is 1. The van der Waals surface area contributed by atoms with Gasteiger partial charge in [0.2, 0.25) is 5.78 Å². The van der Waals surface area contributed by atoms with Gasteiger partial charge in [-0.15, -0.1) is 11.3 Å². The number of hydrogen-bond acceptors (Lipinski definition) is 5. The second kappa shape index (κ2) is 7.17. The van der Waals surface area contributed by atoms with Crippen LogP contribution in [0.2, 0.25) is 0 Å². The molecule has 0 saturated heterocycles. The lowest BCUT2D eigenvalue weighted by atomic mass is 10.1. The molecule has 2 aromatic heterocycles. The van der Waals surface area contributed by atoms with Gasteiger partial charge in [0.25, 0.3) is 0 Å². The van der Waals surface area contributed by atoms with Crippen molar-refractivity contribution in [1.29, 1.82) is 0 Å². The van der Waals surface area contributed by atoms with Crippen LogP contribution in [-0.2, 0) is 4.74 Å². The number of carbonyl (C=O) groups is 2. The molecule has 0 amide bonds. The van der Waals surface area contributed by atoms with Crippen molar-refractivity contribution >= 4 is 34.0 Å². The Labute approximate surface area is 159 Å². The second-order valence-corrected chi connectivity index (χ2v) is 7.01. The molecule has 4 rings (SSSR count). The number of benzene rings is 2. The quantitative estimate of drug-likeness (QED) is 0.407. The number of H-pyrrole nitrogens is 1. The summed E-state index contributed by atoms with van der Waals surface area (Å²) in [5, 5.41) is 3.20. The molecule has 27 heavy (non-hydrogen) atoms. The van der Waals surface area contributed by atoms with Gasteiger partial charge in [-0.05, 0) is 13.0 Å². The lowest BCUT2D eigenvalue weighted by Crippen LogP contribution is -2.14. The molecular formula is C21H16N2O3S. The standard InChI is InChI=1S/C21H16N2O3S/c1-13-6-8-14(9-7-13)20-23-18(12-27-20)21(25)26-11-19(24)16-10-22-17-5-3-2-4-15(16)17/h2-10,12,22H,11H2,1H3. The Morgan fingerprint density at radius 1 is 1.11 bits per heavy atom. The third kappa shape index (κ3) is 3.52. The third-order valence-electron chi connectivity index (χ3n) is 4.24. The van der Waals surface area contributed by atoms with Gasteiger partial charge in [0, 0.05) is 33.6 Å². The van der Waals surface area contributed by atoms with Crippen molar-refractivity contribution in [2.45, 2.75) is 6.92 Å². The molecule has 0 aliphatic rings. The van der Waals surface area contributed by atoms with Crippen molar-refractivity contribution in [3.05, 3.63) is 76.9 Å². The van der Waals surface area contributed by atoms with Crippen LogP contribution in [0.3, 0.4) is 0 Å². The van der Waals surface area contributed by atoms with Crippen LogP contribution in [0.15, 0.2) is 60.1 Å². The van der Waals surface area contributed by atoms with Gasteiger partial charge in [-0.3, -0.25) is 4.79 Å². The molecule has 134 valence electrons. The lowest BCUT2D eigenvalue weighted by Gasteiger charge is -2.02. The molecule has 1 N–H and O–H groups in total. The summed E-state index contributed by atoms with van der Waals surface area (Å²) in [7, 11) is 0. The molecule has 4 aromatic rings. The van der Waals surface area contributed by atoms with E-state index < -0.39 is 5.97 Å². The van der Waals surface area contributed by atoms with Crippen molar-refractivity contribution in [1.82, 2.24) is 9.97 Å². The third-order valence-corrected chi connectivity index (χ3v) is 5.13. The minimum atomic E-state index is -0.599. The smallest absolute Gasteiger partial charge is 0.358 e. The van der Waals surface area contributed by atoms with Crippen molar-refractivity contribution in [2.75, 3.05) is 6.61 Å². The first-order valence-corrected chi connectivity index (χ1v) is 9.29.